The maximum atomic E-state index is 12.2. The lowest BCUT2D eigenvalue weighted by molar-refractivity contribution is -0.122. The molecule has 2 amide bonds. The van der Waals surface area contributed by atoms with Gasteiger partial charge in [0, 0.05) is 16.6 Å². The first kappa shape index (κ1) is 14.1. The van der Waals surface area contributed by atoms with Gasteiger partial charge in [0.15, 0.2) is 0 Å². The second-order valence-electron chi connectivity index (χ2n) is 4.77. The third kappa shape index (κ3) is 3.56. The Morgan fingerprint density at radius 1 is 1.42 bits per heavy atom. The van der Waals surface area contributed by atoms with E-state index in [1.807, 2.05) is 19.1 Å². The normalized spacial score (nSPS) is 19.5. The van der Waals surface area contributed by atoms with E-state index in [0.717, 1.165) is 22.9 Å². The number of amides is 2. The van der Waals surface area contributed by atoms with Crippen molar-refractivity contribution < 1.29 is 9.59 Å². The van der Waals surface area contributed by atoms with Crippen molar-refractivity contribution in [1.29, 1.82) is 0 Å². The topological polar surface area (TPSA) is 58.2 Å². The Morgan fingerprint density at radius 2 is 2.21 bits per heavy atom. The summed E-state index contributed by atoms with van der Waals surface area (Å²) in [4.78, 5) is 24.0. The van der Waals surface area contributed by atoms with E-state index in [1.165, 1.54) is 0 Å². The van der Waals surface area contributed by atoms with Gasteiger partial charge in [-0.05, 0) is 43.9 Å². The van der Waals surface area contributed by atoms with E-state index in [2.05, 4.69) is 26.6 Å². The van der Waals surface area contributed by atoms with Crippen LogP contribution < -0.4 is 10.6 Å². The predicted molar refractivity (Wildman–Crippen MR) is 77.0 cm³/mol. The van der Waals surface area contributed by atoms with Crippen molar-refractivity contribution >= 4 is 27.7 Å². The minimum Gasteiger partial charge on any atom is -0.354 e. The van der Waals surface area contributed by atoms with Crippen molar-refractivity contribution in [1.82, 2.24) is 10.6 Å². The van der Waals surface area contributed by atoms with E-state index in [9.17, 15) is 9.59 Å². The van der Waals surface area contributed by atoms with Gasteiger partial charge in [-0.2, -0.15) is 0 Å². The van der Waals surface area contributed by atoms with Crippen molar-refractivity contribution in [3.63, 3.8) is 0 Å². The van der Waals surface area contributed by atoms with Crippen molar-refractivity contribution in [2.75, 3.05) is 6.54 Å². The van der Waals surface area contributed by atoms with E-state index in [4.69, 9.17) is 0 Å². The molecule has 1 fully saturated rings. The zero-order chi connectivity index (χ0) is 13.8. The summed E-state index contributed by atoms with van der Waals surface area (Å²) in [5, 5.41) is 5.64. The zero-order valence-corrected chi connectivity index (χ0v) is 12.4. The first-order chi connectivity index (χ1) is 9.08. The quantitative estimate of drug-likeness (QED) is 0.875. The van der Waals surface area contributed by atoms with Gasteiger partial charge in [-0.3, -0.25) is 9.59 Å². The average Bonchev–Trinajstić information content (AvgIpc) is 2.58. The molecule has 0 aromatic heterocycles. The van der Waals surface area contributed by atoms with Gasteiger partial charge in [-0.15, -0.1) is 0 Å². The number of nitrogens with one attached hydrogen (secondary N) is 2. The molecule has 1 aliphatic heterocycles. The number of halogens is 1. The number of carbonyl (C=O) groups is 2. The molecule has 1 aromatic carbocycles. The minimum absolute atomic E-state index is 0.0847. The van der Waals surface area contributed by atoms with Crippen molar-refractivity contribution in [3.05, 3.63) is 33.8 Å². The molecule has 1 saturated heterocycles. The molecule has 19 heavy (non-hydrogen) atoms. The van der Waals surface area contributed by atoms with Crippen LogP contribution in [0.5, 0.6) is 0 Å². The fourth-order valence-corrected chi connectivity index (χ4v) is 2.51. The molecular weight excluding hydrogens is 308 g/mol. The smallest absolute Gasteiger partial charge is 0.252 e. The molecule has 102 valence electrons. The standard InChI is InChI=1S/C14H17BrN2O2/c1-9-5-6-10(15)8-11(9)13(18)17-12-4-2-3-7-16-14(12)19/h5-6,8,12H,2-4,7H2,1H3,(H,16,19)(H,17,18). The Bertz CT molecular complexity index is 502. The fourth-order valence-electron chi connectivity index (χ4n) is 2.15. The van der Waals surface area contributed by atoms with Gasteiger partial charge in [-0.1, -0.05) is 22.0 Å². The minimum atomic E-state index is -0.423. The van der Waals surface area contributed by atoms with E-state index < -0.39 is 6.04 Å². The molecule has 2 N–H and O–H groups in total. The molecule has 1 atom stereocenters. The lowest BCUT2D eigenvalue weighted by atomic mass is 10.1. The number of rotatable bonds is 2. The lowest BCUT2D eigenvalue weighted by Gasteiger charge is -2.16. The number of benzene rings is 1. The number of aryl methyl sites for hydroxylation is 1. The Morgan fingerprint density at radius 3 is 3.00 bits per heavy atom. The molecule has 1 unspecified atom stereocenters. The Balaban J connectivity index is 2.11. The average molecular weight is 325 g/mol. The van der Waals surface area contributed by atoms with Crippen molar-refractivity contribution in [2.45, 2.75) is 32.2 Å². The van der Waals surface area contributed by atoms with Crippen LogP contribution in [0.15, 0.2) is 22.7 Å². The Labute approximate surface area is 121 Å². The maximum absolute atomic E-state index is 12.2. The van der Waals surface area contributed by atoms with Gasteiger partial charge in [0.2, 0.25) is 5.91 Å². The molecule has 0 bridgehead atoms. The molecule has 0 saturated carbocycles. The van der Waals surface area contributed by atoms with Gasteiger partial charge in [0.1, 0.15) is 6.04 Å². The van der Waals surface area contributed by atoms with Crippen LogP contribution in [-0.2, 0) is 4.79 Å². The highest BCUT2D eigenvalue weighted by Gasteiger charge is 2.23. The second-order valence-corrected chi connectivity index (χ2v) is 5.69. The monoisotopic (exact) mass is 324 g/mol. The molecule has 0 aliphatic carbocycles. The first-order valence-electron chi connectivity index (χ1n) is 6.42. The van der Waals surface area contributed by atoms with E-state index in [-0.39, 0.29) is 11.8 Å². The van der Waals surface area contributed by atoms with Crippen LogP contribution in [0.25, 0.3) is 0 Å². The van der Waals surface area contributed by atoms with Gasteiger partial charge in [0.25, 0.3) is 5.91 Å². The van der Waals surface area contributed by atoms with Crippen LogP contribution in [0.2, 0.25) is 0 Å². The highest BCUT2D eigenvalue weighted by Crippen LogP contribution is 2.16. The molecule has 0 spiro atoms. The van der Waals surface area contributed by atoms with Gasteiger partial charge in [0.05, 0.1) is 0 Å². The summed E-state index contributed by atoms with van der Waals surface area (Å²) in [5.41, 5.74) is 1.50. The van der Waals surface area contributed by atoms with Crippen LogP contribution in [0, 0.1) is 6.92 Å². The molecular formula is C14H17BrN2O2. The van der Waals surface area contributed by atoms with Crippen LogP contribution >= 0.6 is 15.9 Å². The van der Waals surface area contributed by atoms with Gasteiger partial charge < -0.3 is 10.6 Å². The Hall–Kier alpha value is -1.36. The number of hydrogen-bond acceptors (Lipinski definition) is 2. The lowest BCUT2D eigenvalue weighted by Crippen LogP contribution is -2.45. The summed E-state index contributed by atoms with van der Waals surface area (Å²) in [5.74, 6) is -0.278. The largest absolute Gasteiger partial charge is 0.354 e. The van der Waals surface area contributed by atoms with Crippen LogP contribution in [0.3, 0.4) is 0 Å². The van der Waals surface area contributed by atoms with E-state index >= 15 is 0 Å². The van der Waals surface area contributed by atoms with E-state index in [0.29, 0.717) is 18.5 Å². The highest BCUT2D eigenvalue weighted by molar-refractivity contribution is 9.10. The van der Waals surface area contributed by atoms with Crippen LogP contribution in [0.4, 0.5) is 0 Å². The summed E-state index contributed by atoms with van der Waals surface area (Å²) in [6.07, 6.45) is 2.61. The number of carbonyl (C=O) groups excluding carboxylic acids is 2. The molecule has 1 aliphatic rings. The van der Waals surface area contributed by atoms with Crippen molar-refractivity contribution in [3.8, 4) is 0 Å². The van der Waals surface area contributed by atoms with E-state index in [1.54, 1.807) is 6.07 Å². The molecule has 1 heterocycles. The molecule has 0 radical (unpaired) electrons. The third-order valence-electron chi connectivity index (χ3n) is 3.28. The molecule has 1 aromatic rings. The number of hydrogen-bond donors (Lipinski definition) is 2. The maximum Gasteiger partial charge on any atom is 0.252 e. The van der Waals surface area contributed by atoms with Crippen LogP contribution in [-0.4, -0.2) is 24.4 Å². The summed E-state index contributed by atoms with van der Waals surface area (Å²) in [6.45, 7) is 2.58. The fraction of sp³-hybridized carbons (Fsp3) is 0.429. The molecule has 4 nitrogen and oxygen atoms in total. The van der Waals surface area contributed by atoms with Crippen LogP contribution in [0.1, 0.15) is 35.2 Å². The highest BCUT2D eigenvalue weighted by atomic mass is 79.9. The Kier molecular flexibility index (Phi) is 4.58. The molecule has 2 rings (SSSR count). The molecule has 5 heteroatoms. The summed E-state index contributed by atoms with van der Waals surface area (Å²) < 4.78 is 0.855. The van der Waals surface area contributed by atoms with Gasteiger partial charge >= 0.3 is 0 Å². The van der Waals surface area contributed by atoms with Crippen molar-refractivity contribution in [2.24, 2.45) is 0 Å². The second kappa shape index (κ2) is 6.19. The summed E-state index contributed by atoms with van der Waals surface area (Å²) in [7, 11) is 0. The first-order valence-corrected chi connectivity index (χ1v) is 7.22. The third-order valence-corrected chi connectivity index (χ3v) is 3.78. The SMILES string of the molecule is Cc1ccc(Br)cc1C(=O)NC1CCCCNC1=O. The zero-order valence-electron chi connectivity index (χ0n) is 10.8. The summed E-state index contributed by atoms with van der Waals surface area (Å²) in [6, 6.07) is 5.13. The summed E-state index contributed by atoms with van der Waals surface area (Å²) >= 11 is 3.35. The predicted octanol–water partition coefficient (Wildman–Crippen LogP) is 2.16. The van der Waals surface area contributed by atoms with Gasteiger partial charge in [-0.25, -0.2) is 0 Å².